The average Bonchev–Trinajstić information content (AvgIpc) is 3.49. The molecule has 2 aromatic heterocycles. The molecular weight excluding hydrogens is 508 g/mol. The number of hydrogen-bond donors (Lipinski definition) is 5. The van der Waals surface area contributed by atoms with Gasteiger partial charge in [0.05, 0.1) is 12.7 Å². The molecule has 1 unspecified atom stereocenters. The van der Waals surface area contributed by atoms with Crippen molar-refractivity contribution in [2.45, 2.75) is 13.0 Å². The SMILES string of the molecule is CC(=O)O.COc1cc(C(Nc2ccc(C(=N)N)cc2)c2nn(-c3ncccn3)c(=O)[nH]2)cc2c1OCC2=O. The van der Waals surface area contributed by atoms with Crippen LogP contribution in [0.4, 0.5) is 5.69 Å². The second-order valence-electron chi connectivity index (χ2n) is 8.18. The molecule has 0 bridgehead atoms. The zero-order valence-electron chi connectivity index (χ0n) is 20.8. The number of ketones is 1. The van der Waals surface area contributed by atoms with Crippen LogP contribution in [0.25, 0.3) is 5.95 Å². The van der Waals surface area contributed by atoms with Gasteiger partial charge in [0.1, 0.15) is 11.9 Å². The molecule has 0 radical (unpaired) electrons. The fourth-order valence-electron chi connectivity index (χ4n) is 3.74. The van der Waals surface area contributed by atoms with Gasteiger partial charge in [0.2, 0.25) is 5.78 Å². The summed E-state index contributed by atoms with van der Waals surface area (Å²) in [6.45, 7) is 1.01. The maximum Gasteiger partial charge on any atom is 0.350 e. The zero-order valence-corrected chi connectivity index (χ0v) is 20.8. The van der Waals surface area contributed by atoms with Gasteiger partial charge in [-0.15, -0.1) is 9.78 Å². The van der Waals surface area contributed by atoms with Crippen LogP contribution in [0, 0.1) is 5.41 Å². The number of carboxylic acids is 1. The van der Waals surface area contributed by atoms with Crippen molar-refractivity contribution >= 4 is 23.3 Å². The fourth-order valence-corrected chi connectivity index (χ4v) is 3.74. The predicted molar refractivity (Wildman–Crippen MR) is 139 cm³/mol. The summed E-state index contributed by atoms with van der Waals surface area (Å²) in [5.74, 6) is 0.0613. The molecule has 0 aliphatic carbocycles. The number of aliphatic carboxylic acids is 1. The van der Waals surface area contributed by atoms with E-state index in [0.717, 1.165) is 11.6 Å². The van der Waals surface area contributed by atoms with E-state index in [-0.39, 0.29) is 30.0 Å². The summed E-state index contributed by atoms with van der Waals surface area (Å²) >= 11 is 0. The quantitative estimate of drug-likeness (QED) is 0.170. The fraction of sp³-hybridized carbons (Fsp3) is 0.160. The van der Waals surface area contributed by atoms with E-state index in [0.29, 0.717) is 33.9 Å². The van der Waals surface area contributed by atoms with Gasteiger partial charge in [-0.05, 0) is 48.0 Å². The lowest BCUT2D eigenvalue weighted by molar-refractivity contribution is -0.134. The Morgan fingerprint density at radius 3 is 2.51 bits per heavy atom. The number of anilines is 1. The summed E-state index contributed by atoms with van der Waals surface area (Å²) < 4.78 is 12.0. The van der Waals surface area contributed by atoms with Crippen molar-refractivity contribution in [1.82, 2.24) is 24.7 Å². The summed E-state index contributed by atoms with van der Waals surface area (Å²) in [5, 5.41) is 22.7. The second-order valence-corrected chi connectivity index (χ2v) is 8.18. The lowest BCUT2D eigenvalue weighted by Gasteiger charge is -2.20. The molecule has 0 saturated heterocycles. The van der Waals surface area contributed by atoms with E-state index in [2.05, 4.69) is 25.4 Å². The zero-order chi connectivity index (χ0) is 28.1. The van der Waals surface area contributed by atoms with Crippen molar-refractivity contribution in [1.29, 1.82) is 5.41 Å². The van der Waals surface area contributed by atoms with E-state index in [1.165, 1.54) is 19.5 Å². The van der Waals surface area contributed by atoms with Crippen molar-refractivity contribution in [2.75, 3.05) is 19.0 Å². The van der Waals surface area contributed by atoms with E-state index < -0.39 is 17.7 Å². The van der Waals surface area contributed by atoms with Crippen LogP contribution in [-0.2, 0) is 4.79 Å². The summed E-state index contributed by atoms with van der Waals surface area (Å²) in [6.07, 6.45) is 3.01. The summed E-state index contributed by atoms with van der Waals surface area (Å²) in [5.41, 5.74) is 7.24. The van der Waals surface area contributed by atoms with Crippen LogP contribution in [-0.4, -0.2) is 61.1 Å². The standard InChI is InChI=1S/C23H20N8O4.C2H4O2/c1-34-17-10-13(9-15-16(32)11-35-19(15)17)18(28-14-5-3-12(4-6-14)20(24)25)21-29-23(33)31(30-21)22-26-7-2-8-27-22;1-2(3)4/h2-10,18,28H,11H2,1H3,(H3,24,25)(H,29,30,33);1H3,(H,3,4). The Bertz CT molecular complexity index is 1580. The highest BCUT2D eigenvalue weighted by Gasteiger charge is 2.29. The molecular formula is C25H24N8O6. The van der Waals surface area contributed by atoms with Crippen LogP contribution >= 0.6 is 0 Å². The van der Waals surface area contributed by atoms with Crippen molar-refractivity contribution in [3.63, 3.8) is 0 Å². The number of ether oxygens (including phenoxy) is 2. The first-order chi connectivity index (χ1) is 18.7. The third-order valence-corrected chi connectivity index (χ3v) is 5.44. The number of nitrogens with two attached hydrogens (primary N) is 1. The van der Waals surface area contributed by atoms with Gasteiger partial charge in [0.15, 0.2) is 23.9 Å². The largest absolute Gasteiger partial charge is 0.493 e. The third kappa shape index (κ3) is 5.90. The van der Waals surface area contributed by atoms with Crippen LogP contribution in [0.15, 0.2) is 59.7 Å². The number of rotatable bonds is 7. The van der Waals surface area contributed by atoms with E-state index >= 15 is 0 Å². The third-order valence-electron chi connectivity index (χ3n) is 5.44. The number of carbonyl (C=O) groups is 2. The number of Topliss-reactive ketones (excluding diaryl/α,β-unsaturated/α-hetero) is 1. The van der Waals surface area contributed by atoms with E-state index in [1.54, 1.807) is 42.5 Å². The van der Waals surface area contributed by atoms with Crippen molar-refractivity contribution in [3.8, 4) is 17.4 Å². The Kier molecular flexibility index (Phi) is 7.65. The van der Waals surface area contributed by atoms with Crippen LogP contribution in [0.5, 0.6) is 11.5 Å². The van der Waals surface area contributed by atoms with Crippen LogP contribution in [0.1, 0.15) is 40.3 Å². The monoisotopic (exact) mass is 532 g/mol. The van der Waals surface area contributed by atoms with E-state index in [9.17, 15) is 9.59 Å². The smallest absolute Gasteiger partial charge is 0.350 e. The number of nitrogens with one attached hydrogen (secondary N) is 3. The Balaban J connectivity index is 0.000000826. The topological polar surface area (TPSA) is 211 Å². The molecule has 0 spiro atoms. The van der Waals surface area contributed by atoms with Gasteiger partial charge in [-0.25, -0.2) is 14.8 Å². The van der Waals surface area contributed by atoms with Crippen molar-refractivity contribution < 1.29 is 24.2 Å². The number of hydrogen-bond acceptors (Lipinski definition) is 10. The van der Waals surface area contributed by atoms with E-state index in [1.807, 2.05) is 0 Å². The molecule has 6 N–H and O–H groups in total. The molecule has 5 rings (SSSR count). The lowest BCUT2D eigenvalue weighted by atomic mass is 10.00. The second kappa shape index (κ2) is 11.2. The normalized spacial score (nSPS) is 12.4. The number of methoxy groups -OCH3 is 1. The number of carbonyl (C=O) groups excluding carboxylic acids is 1. The highest BCUT2D eigenvalue weighted by molar-refractivity contribution is 6.03. The summed E-state index contributed by atoms with van der Waals surface area (Å²) in [6, 6.07) is 11.2. The van der Waals surface area contributed by atoms with Gasteiger partial charge in [-0.3, -0.25) is 20.0 Å². The minimum atomic E-state index is -0.833. The van der Waals surface area contributed by atoms with Gasteiger partial charge < -0.3 is 25.6 Å². The number of carboxylic acid groups (broad SMARTS) is 1. The highest BCUT2D eigenvalue weighted by atomic mass is 16.5. The number of benzene rings is 2. The molecule has 200 valence electrons. The first kappa shape index (κ1) is 26.5. The minimum Gasteiger partial charge on any atom is -0.493 e. The first-order valence-electron chi connectivity index (χ1n) is 11.4. The average molecular weight is 533 g/mol. The van der Waals surface area contributed by atoms with Gasteiger partial charge in [0.25, 0.3) is 11.9 Å². The molecule has 4 aromatic rings. The Labute approximate surface area is 221 Å². The predicted octanol–water partition coefficient (Wildman–Crippen LogP) is 1.51. The minimum absolute atomic E-state index is 0.0547. The highest BCUT2D eigenvalue weighted by Crippen LogP contribution is 2.39. The molecule has 1 aliphatic heterocycles. The number of fused-ring (bicyclic) bond motifs is 1. The van der Waals surface area contributed by atoms with Gasteiger partial charge in [0, 0.05) is 30.6 Å². The van der Waals surface area contributed by atoms with E-state index in [4.69, 9.17) is 30.5 Å². The summed E-state index contributed by atoms with van der Waals surface area (Å²) in [7, 11) is 1.48. The maximum atomic E-state index is 12.7. The molecule has 1 atom stereocenters. The molecule has 3 heterocycles. The maximum absolute atomic E-state index is 12.7. The number of nitrogens with zero attached hydrogens (tertiary/aromatic N) is 4. The van der Waals surface area contributed by atoms with Crippen molar-refractivity contribution in [2.24, 2.45) is 5.73 Å². The number of aromatic amines is 1. The number of aromatic nitrogens is 5. The molecule has 1 aliphatic rings. The summed E-state index contributed by atoms with van der Waals surface area (Å²) in [4.78, 5) is 45.1. The Morgan fingerprint density at radius 1 is 1.23 bits per heavy atom. The van der Waals surface area contributed by atoms with Gasteiger partial charge in [-0.2, -0.15) is 0 Å². The van der Waals surface area contributed by atoms with Crippen LogP contribution in [0.2, 0.25) is 0 Å². The number of nitrogen functional groups attached to an aromatic ring is 1. The Morgan fingerprint density at radius 2 is 1.90 bits per heavy atom. The lowest BCUT2D eigenvalue weighted by Crippen LogP contribution is -2.18. The molecule has 0 fully saturated rings. The van der Waals surface area contributed by atoms with Crippen LogP contribution < -0.4 is 26.2 Å². The molecule has 14 heteroatoms. The van der Waals surface area contributed by atoms with Crippen LogP contribution in [0.3, 0.4) is 0 Å². The molecule has 14 nitrogen and oxygen atoms in total. The molecule has 2 aromatic carbocycles. The van der Waals surface area contributed by atoms with Crippen molar-refractivity contribution in [3.05, 3.63) is 87.9 Å². The molecule has 0 saturated carbocycles. The molecule has 0 amide bonds. The first-order valence-corrected chi connectivity index (χ1v) is 11.4. The Hall–Kier alpha value is -5.53. The van der Waals surface area contributed by atoms with Gasteiger partial charge >= 0.3 is 5.69 Å². The number of H-pyrrole nitrogens is 1. The molecule has 39 heavy (non-hydrogen) atoms. The number of amidine groups is 1. The van der Waals surface area contributed by atoms with Gasteiger partial charge in [-0.1, -0.05) is 0 Å².